The highest BCUT2D eigenvalue weighted by Crippen LogP contribution is 2.37. The van der Waals surface area contributed by atoms with Crippen molar-refractivity contribution in [2.75, 3.05) is 40.0 Å². The summed E-state index contributed by atoms with van der Waals surface area (Å²) >= 11 is 6.34. The van der Waals surface area contributed by atoms with Gasteiger partial charge in [-0.05, 0) is 43.0 Å². The van der Waals surface area contributed by atoms with Gasteiger partial charge in [0, 0.05) is 25.1 Å². The summed E-state index contributed by atoms with van der Waals surface area (Å²) in [4.78, 5) is 14.5. The second-order valence-electron chi connectivity index (χ2n) is 7.01. The van der Waals surface area contributed by atoms with E-state index < -0.39 is 0 Å². The summed E-state index contributed by atoms with van der Waals surface area (Å²) in [5.41, 5.74) is 0.787. The maximum atomic E-state index is 12.6. The number of nitrogens with zero attached hydrogens (tertiary/aromatic N) is 1. The predicted octanol–water partition coefficient (Wildman–Crippen LogP) is 3.76. The standard InChI is InChI=1S/C21H28ClNO5/c1-3-9-26-20-17(22)12-15(13-18(20)25-2)6-7-19(24)23-8-4-5-16(14-23)21-27-10-11-28-21/h6-7,12-13,16,21H,3-5,8-11,14H2,1-2H3/b7-6+. The number of rotatable bonds is 7. The number of carbonyl (C=O) groups excluding carboxylic acids is 1. The minimum atomic E-state index is -0.182. The van der Waals surface area contributed by atoms with Gasteiger partial charge in [-0.3, -0.25) is 4.79 Å². The number of carbonyl (C=O) groups is 1. The molecule has 2 saturated heterocycles. The van der Waals surface area contributed by atoms with Crippen LogP contribution in [-0.2, 0) is 14.3 Å². The molecule has 0 aromatic heterocycles. The van der Waals surface area contributed by atoms with Gasteiger partial charge in [0.2, 0.25) is 5.91 Å². The molecule has 0 aliphatic carbocycles. The van der Waals surface area contributed by atoms with Crippen LogP contribution in [0.2, 0.25) is 5.02 Å². The lowest BCUT2D eigenvalue weighted by atomic mass is 9.97. The molecule has 1 aromatic carbocycles. The molecule has 2 aliphatic heterocycles. The number of halogens is 1. The molecule has 0 radical (unpaired) electrons. The molecule has 0 bridgehead atoms. The van der Waals surface area contributed by atoms with Gasteiger partial charge in [0.05, 0.1) is 32.0 Å². The van der Waals surface area contributed by atoms with Crippen LogP contribution in [0.4, 0.5) is 0 Å². The topological polar surface area (TPSA) is 57.2 Å². The Balaban J connectivity index is 1.65. The molecular weight excluding hydrogens is 382 g/mol. The summed E-state index contributed by atoms with van der Waals surface area (Å²) in [6.45, 7) is 5.26. The van der Waals surface area contributed by atoms with Gasteiger partial charge in [0.25, 0.3) is 0 Å². The van der Waals surface area contributed by atoms with Gasteiger partial charge in [-0.1, -0.05) is 18.5 Å². The van der Waals surface area contributed by atoms with Crippen LogP contribution in [0.5, 0.6) is 11.5 Å². The highest BCUT2D eigenvalue weighted by atomic mass is 35.5. The number of benzene rings is 1. The molecule has 0 saturated carbocycles. The van der Waals surface area contributed by atoms with E-state index in [9.17, 15) is 4.79 Å². The zero-order valence-corrected chi connectivity index (χ0v) is 17.2. The van der Waals surface area contributed by atoms with Crippen molar-refractivity contribution >= 4 is 23.6 Å². The van der Waals surface area contributed by atoms with E-state index >= 15 is 0 Å². The molecule has 2 aliphatic rings. The summed E-state index contributed by atoms with van der Waals surface area (Å²) in [5.74, 6) is 1.30. The van der Waals surface area contributed by atoms with Gasteiger partial charge in [-0.15, -0.1) is 0 Å². The molecule has 28 heavy (non-hydrogen) atoms. The average molecular weight is 410 g/mol. The number of ether oxygens (including phenoxy) is 4. The Morgan fingerprint density at radius 3 is 2.86 bits per heavy atom. The molecule has 2 fully saturated rings. The number of piperidine rings is 1. The van der Waals surface area contributed by atoms with Crippen LogP contribution in [-0.4, -0.2) is 57.1 Å². The average Bonchev–Trinajstić information content (AvgIpc) is 3.26. The fourth-order valence-corrected chi connectivity index (χ4v) is 3.81. The maximum absolute atomic E-state index is 12.6. The van der Waals surface area contributed by atoms with E-state index in [1.165, 1.54) is 0 Å². The summed E-state index contributed by atoms with van der Waals surface area (Å²) in [5, 5.41) is 0.466. The highest BCUT2D eigenvalue weighted by Gasteiger charge is 2.32. The first kappa shape index (κ1) is 21.0. The molecule has 6 nitrogen and oxygen atoms in total. The molecule has 154 valence electrons. The largest absolute Gasteiger partial charge is 0.493 e. The molecule has 0 spiro atoms. The summed E-state index contributed by atoms with van der Waals surface area (Å²) in [7, 11) is 1.57. The Morgan fingerprint density at radius 1 is 1.36 bits per heavy atom. The summed E-state index contributed by atoms with van der Waals surface area (Å²) in [6.07, 6.45) is 6.01. The SMILES string of the molecule is CCCOc1c(Cl)cc(/C=C/C(=O)N2CCCC(C3OCCO3)C2)cc1OC. The lowest BCUT2D eigenvalue weighted by Crippen LogP contribution is -2.43. The third kappa shape index (κ3) is 5.19. The van der Waals surface area contributed by atoms with E-state index in [4.69, 9.17) is 30.5 Å². The molecule has 1 unspecified atom stereocenters. The van der Waals surface area contributed by atoms with Gasteiger partial charge in [-0.25, -0.2) is 0 Å². The number of hydrogen-bond acceptors (Lipinski definition) is 5. The van der Waals surface area contributed by atoms with E-state index in [1.807, 2.05) is 17.9 Å². The van der Waals surface area contributed by atoms with Gasteiger partial charge >= 0.3 is 0 Å². The Morgan fingerprint density at radius 2 is 2.14 bits per heavy atom. The van der Waals surface area contributed by atoms with Crippen molar-refractivity contribution < 1.29 is 23.7 Å². The normalized spacial score (nSPS) is 20.7. The van der Waals surface area contributed by atoms with Crippen LogP contribution in [0.25, 0.3) is 6.08 Å². The van der Waals surface area contributed by atoms with Crippen LogP contribution in [0.1, 0.15) is 31.7 Å². The minimum Gasteiger partial charge on any atom is -0.493 e. The van der Waals surface area contributed by atoms with Gasteiger partial charge in [-0.2, -0.15) is 0 Å². The van der Waals surface area contributed by atoms with Crippen LogP contribution >= 0.6 is 11.6 Å². The molecule has 1 amide bonds. The molecule has 0 N–H and O–H groups in total. The third-order valence-corrected chi connectivity index (χ3v) is 5.20. The predicted molar refractivity (Wildman–Crippen MR) is 108 cm³/mol. The van der Waals surface area contributed by atoms with E-state index in [0.29, 0.717) is 42.9 Å². The zero-order chi connectivity index (χ0) is 19.9. The van der Waals surface area contributed by atoms with Crippen LogP contribution in [0, 0.1) is 5.92 Å². The Kier molecular flexibility index (Phi) is 7.59. The molecule has 1 aromatic rings. The Bertz CT molecular complexity index is 702. The second kappa shape index (κ2) is 10.1. The minimum absolute atomic E-state index is 0.0240. The van der Waals surface area contributed by atoms with E-state index in [0.717, 1.165) is 31.4 Å². The molecule has 1 atom stereocenters. The Labute approximate surface area is 171 Å². The fraction of sp³-hybridized carbons (Fsp3) is 0.571. The van der Waals surface area contributed by atoms with E-state index in [-0.39, 0.29) is 18.1 Å². The highest BCUT2D eigenvalue weighted by molar-refractivity contribution is 6.32. The van der Waals surface area contributed by atoms with Crippen LogP contribution in [0.15, 0.2) is 18.2 Å². The van der Waals surface area contributed by atoms with Crippen molar-refractivity contribution in [3.63, 3.8) is 0 Å². The zero-order valence-electron chi connectivity index (χ0n) is 16.5. The third-order valence-electron chi connectivity index (χ3n) is 4.92. The number of amides is 1. The molecule has 3 rings (SSSR count). The van der Waals surface area contributed by atoms with E-state index in [1.54, 1.807) is 25.3 Å². The van der Waals surface area contributed by atoms with Crippen molar-refractivity contribution in [2.45, 2.75) is 32.5 Å². The first-order valence-electron chi connectivity index (χ1n) is 9.83. The van der Waals surface area contributed by atoms with Crippen molar-refractivity contribution in [2.24, 2.45) is 5.92 Å². The quantitative estimate of drug-likeness (QED) is 0.642. The van der Waals surface area contributed by atoms with Gasteiger partial charge < -0.3 is 23.8 Å². The molecule has 2 heterocycles. The van der Waals surface area contributed by atoms with Gasteiger partial charge in [0.1, 0.15) is 0 Å². The van der Waals surface area contributed by atoms with E-state index in [2.05, 4.69) is 0 Å². The number of hydrogen-bond donors (Lipinski definition) is 0. The molecule has 7 heteroatoms. The lowest BCUT2D eigenvalue weighted by molar-refractivity contribution is -0.134. The Hall–Kier alpha value is -1.76. The van der Waals surface area contributed by atoms with Gasteiger partial charge in [0.15, 0.2) is 17.8 Å². The van der Waals surface area contributed by atoms with Crippen LogP contribution in [0.3, 0.4) is 0 Å². The summed E-state index contributed by atoms with van der Waals surface area (Å²) < 4.78 is 22.3. The van der Waals surface area contributed by atoms with Crippen molar-refractivity contribution in [3.05, 3.63) is 28.8 Å². The van der Waals surface area contributed by atoms with Crippen molar-refractivity contribution in [1.82, 2.24) is 4.90 Å². The van der Waals surface area contributed by atoms with Crippen molar-refractivity contribution in [3.8, 4) is 11.5 Å². The summed E-state index contributed by atoms with van der Waals surface area (Å²) in [6, 6.07) is 3.60. The number of methoxy groups -OCH3 is 1. The first-order chi connectivity index (χ1) is 13.6. The number of likely N-dealkylation sites (tertiary alicyclic amines) is 1. The maximum Gasteiger partial charge on any atom is 0.246 e. The van der Waals surface area contributed by atoms with Crippen LogP contribution < -0.4 is 9.47 Å². The van der Waals surface area contributed by atoms with Crippen molar-refractivity contribution in [1.29, 1.82) is 0 Å². The first-order valence-corrected chi connectivity index (χ1v) is 10.2. The fourth-order valence-electron chi connectivity index (χ4n) is 3.53. The second-order valence-corrected chi connectivity index (χ2v) is 7.42. The molecular formula is C21H28ClNO5. The smallest absolute Gasteiger partial charge is 0.246 e. The monoisotopic (exact) mass is 409 g/mol. The lowest BCUT2D eigenvalue weighted by Gasteiger charge is -2.34.